The van der Waals surface area contributed by atoms with E-state index in [-0.39, 0.29) is 33.5 Å². The molecule has 5 N–H and O–H groups in total. The molecule has 0 aromatic heterocycles. The second-order valence-electron chi connectivity index (χ2n) is 14.6. The summed E-state index contributed by atoms with van der Waals surface area (Å²) >= 11 is 0. The quantitative estimate of drug-likeness (QED) is 0.0556. The van der Waals surface area contributed by atoms with Crippen molar-refractivity contribution in [2.24, 2.45) is 0 Å². The molecule has 318 valence electrons. The Bertz CT molecular complexity index is 2450. The van der Waals surface area contributed by atoms with Gasteiger partial charge in [0.2, 0.25) is 0 Å². The van der Waals surface area contributed by atoms with Gasteiger partial charge < -0.3 is 39.6 Å². The number of halogens is 3. The number of para-hydroxylation sites is 1. The van der Waals surface area contributed by atoms with Crippen LogP contribution in [0.1, 0.15) is 79.2 Å². The molecule has 7 rings (SSSR count). The molecule has 1 unspecified atom stereocenters. The number of alkyl halides is 3. The van der Waals surface area contributed by atoms with E-state index in [0.717, 1.165) is 24.3 Å². The van der Waals surface area contributed by atoms with Crippen molar-refractivity contribution in [2.45, 2.75) is 68.6 Å². The third-order valence-corrected chi connectivity index (χ3v) is 10.5. The number of amides is 2. The van der Waals surface area contributed by atoms with Crippen LogP contribution in [0.3, 0.4) is 0 Å². The van der Waals surface area contributed by atoms with E-state index < -0.39 is 125 Å². The minimum Gasteiger partial charge on any atom is -0.507 e. The Hall–Kier alpha value is -6.90. The zero-order chi connectivity index (χ0) is 44.0. The Morgan fingerprint density at radius 3 is 2.15 bits per heavy atom. The molecule has 3 aliphatic rings. The summed E-state index contributed by atoms with van der Waals surface area (Å²) in [6.45, 7) is 0.507. The van der Waals surface area contributed by atoms with E-state index in [1.54, 1.807) is 35.6 Å². The molecule has 4 aromatic rings. The SMILES string of the molecule is C[C@H]1O[C@@H](O[C@H]2CC(O)(COC(=O)Nc3ccccc3)Cc3c(O)c4c(c(O)c32)C(=O)c2ccccc2C4=O)C[C@H](NC(=O)C(F)(F)F)[C@H]1OC(=O)c1ccc([N+](=O)[O-])cc1. The number of aromatic hydroxyl groups is 2. The molecule has 2 aliphatic carbocycles. The average Bonchev–Trinajstić information content (AvgIpc) is 3.21. The number of nitro benzene ring substituents is 1. The fourth-order valence-corrected chi connectivity index (χ4v) is 7.65. The summed E-state index contributed by atoms with van der Waals surface area (Å²) in [5, 5.41) is 50.9. The minimum absolute atomic E-state index is 0.0743. The van der Waals surface area contributed by atoms with Gasteiger partial charge in [0.25, 0.3) is 5.69 Å². The molecule has 6 atom stereocenters. The van der Waals surface area contributed by atoms with E-state index >= 15 is 0 Å². The lowest BCUT2D eigenvalue weighted by atomic mass is 9.73. The monoisotopic (exact) mass is 849 g/mol. The first-order valence-corrected chi connectivity index (χ1v) is 18.5. The van der Waals surface area contributed by atoms with Crippen LogP contribution in [-0.2, 0) is 30.2 Å². The van der Waals surface area contributed by atoms with Gasteiger partial charge >= 0.3 is 24.1 Å². The number of anilines is 1. The highest BCUT2D eigenvalue weighted by molar-refractivity contribution is 6.30. The summed E-state index contributed by atoms with van der Waals surface area (Å²) in [4.78, 5) is 76.1. The van der Waals surface area contributed by atoms with Crippen molar-refractivity contribution in [3.63, 3.8) is 0 Å². The first kappa shape index (κ1) is 42.2. The maximum atomic E-state index is 13.8. The fraction of sp³-hybridized carbons (Fsp3) is 0.293. The normalized spacial score (nSPS) is 23.1. The van der Waals surface area contributed by atoms with E-state index in [1.807, 2.05) is 0 Å². The maximum absolute atomic E-state index is 13.8. The number of carbonyl (C=O) groups is 5. The van der Waals surface area contributed by atoms with Crippen molar-refractivity contribution >= 4 is 40.9 Å². The maximum Gasteiger partial charge on any atom is 0.471 e. The van der Waals surface area contributed by atoms with Crippen LogP contribution in [0.2, 0.25) is 0 Å². The van der Waals surface area contributed by atoms with Crippen molar-refractivity contribution in [3.8, 4) is 11.5 Å². The highest BCUT2D eigenvalue weighted by atomic mass is 19.4. The molecule has 1 heterocycles. The lowest BCUT2D eigenvalue weighted by molar-refractivity contribution is -0.384. The second-order valence-corrected chi connectivity index (χ2v) is 14.6. The van der Waals surface area contributed by atoms with Gasteiger partial charge in [0.15, 0.2) is 17.9 Å². The van der Waals surface area contributed by atoms with E-state index in [0.29, 0.717) is 5.69 Å². The fourth-order valence-electron chi connectivity index (χ4n) is 7.65. The number of nitrogens with zero attached hydrogens (tertiary/aromatic N) is 1. The second kappa shape index (κ2) is 16.3. The van der Waals surface area contributed by atoms with Crippen molar-refractivity contribution in [1.82, 2.24) is 5.32 Å². The summed E-state index contributed by atoms with van der Waals surface area (Å²) in [6.07, 6.45) is -14.5. The molecule has 0 radical (unpaired) electrons. The first-order chi connectivity index (χ1) is 28.8. The molecule has 61 heavy (non-hydrogen) atoms. The van der Waals surface area contributed by atoms with Gasteiger partial charge in [0.1, 0.15) is 29.8 Å². The number of phenols is 2. The van der Waals surface area contributed by atoms with Gasteiger partial charge in [0.05, 0.1) is 39.9 Å². The zero-order valence-electron chi connectivity index (χ0n) is 31.6. The number of nitro groups is 1. The number of hydrogen-bond donors (Lipinski definition) is 5. The summed E-state index contributed by atoms with van der Waals surface area (Å²) in [6, 6.07) is 16.2. The van der Waals surface area contributed by atoms with Gasteiger partial charge in [0, 0.05) is 59.3 Å². The number of rotatable bonds is 9. The van der Waals surface area contributed by atoms with Crippen LogP contribution < -0.4 is 10.6 Å². The number of ketones is 2. The van der Waals surface area contributed by atoms with Gasteiger partial charge in [-0.2, -0.15) is 13.2 Å². The number of non-ortho nitro benzene ring substituents is 1. The molecular formula is C41H34F3N3O14. The van der Waals surface area contributed by atoms with Gasteiger partial charge in [-0.15, -0.1) is 0 Å². The Morgan fingerprint density at radius 2 is 1.54 bits per heavy atom. The number of fused-ring (bicyclic) bond motifs is 3. The van der Waals surface area contributed by atoms with Gasteiger partial charge in [-0.05, 0) is 31.2 Å². The number of carbonyl (C=O) groups excluding carboxylic acids is 5. The lowest BCUT2D eigenvalue weighted by Crippen LogP contribution is -2.58. The molecule has 17 nitrogen and oxygen atoms in total. The van der Waals surface area contributed by atoms with Crippen LogP contribution in [0.5, 0.6) is 11.5 Å². The predicted molar refractivity (Wildman–Crippen MR) is 201 cm³/mol. The van der Waals surface area contributed by atoms with Gasteiger partial charge in [-0.1, -0.05) is 42.5 Å². The van der Waals surface area contributed by atoms with E-state index in [1.165, 1.54) is 31.2 Å². The summed E-state index contributed by atoms with van der Waals surface area (Å²) < 4.78 is 63.8. The average molecular weight is 850 g/mol. The molecule has 2 amide bonds. The predicted octanol–water partition coefficient (Wildman–Crippen LogP) is 5.17. The van der Waals surface area contributed by atoms with Gasteiger partial charge in [-0.3, -0.25) is 29.8 Å². The largest absolute Gasteiger partial charge is 0.507 e. The highest BCUT2D eigenvalue weighted by Crippen LogP contribution is 2.52. The Morgan fingerprint density at radius 1 is 0.934 bits per heavy atom. The smallest absolute Gasteiger partial charge is 0.471 e. The van der Waals surface area contributed by atoms with Crippen molar-refractivity contribution in [3.05, 3.63) is 128 Å². The van der Waals surface area contributed by atoms with Crippen LogP contribution in [0.4, 0.5) is 29.3 Å². The molecule has 0 spiro atoms. The van der Waals surface area contributed by atoms with Crippen LogP contribution in [0.25, 0.3) is 0 Å². The van der Waals surface area contributed by atoms with Gasteiger partial charge in [-0.25, -0.2) is 9.59 Å². The molecule has 0 saturated carbocycles. The topological polar surface area (TPSA) is 250 Å². The molecule has 1 saturated heterocycles. The van der Waals surface area contributed by atoms with Crippen LogP contribution in [-0.4, -0.2) is 92.7 Å². The van der Waals surface area contributed by atoms with Crippen molar-refractivity contribution < 1.29 is 76.3 Å². The number of esters is 1. The lowest BCUT2D eigenvalue weighted by Gasteiger charge is -2.44. The number of phenolic OH excluding ortho intramolecular Hbond substituents is 2. The summed E-state index contributed by atoms with van der Waals surface area (Å²) in [5.41, 5.74) is -4.27. The minimum atomic E-state index is -5.40. The number of nitrogens with one attached hydrogen (secondary N) is 2. The molecule has 1 fully saturated rings. The van der Waals surface area contributed by atoms with E-state index in [4.69, 9.17) is 18.9 Å². The van der Waals surface area contributed by atoms with Crippen molar-refractivity contribution in [2.75, 3.05) is 11.9 Å². The van der Waals surface area contributed by atoms with Crippen LogP contribution in [0, 0.1) is 10.1 Å². The first-order valence-electron chi connectivity index (χ1n) is 18.5. The van der Waals surface area contributed by atoms with E-state index in [9.17, 15) is 62.6 Å². The highest BCUT2D eigenvalue weighted by Gasteiger charge is 2.50. The number of aliphatic hydroxyl groups is 1. The molecule has 4 aromatic carbocycles. The molecular weight excluding hydrogens is 815 g/mol. The summed E-state index contributed by atoms with van der Waals surface area (Å²) in [7, 11) is 0. The van der Waals surface area contributed by atoms with Crippen LogP contribution in [0.15, 0.2) is 78.9 Å². The van der Waals surface area contributed by atoms with Crippen LogP contribution >= 0.6 is 0 Å². The molecule has 0 bridgehead atoms. The number of ether oxygens (including phenoxy) is 4. The standard InChI is InChI=1S/C41H34F3N3O14/c1-19-36(61-37(52)20-11-13-22(14-12-20)47(56)57)26(46-38(53)41(42,43)44)15-28(59-19)60-27-17-40(55,18-58-39(54)45-21-7-3-2-4-8-21)16-25-29(27)35(51)31-30(34(25)50)32(48)23-9-5-6-10-24(23)33(31)49/h2-14,19,26-28,36,50-51,55H,15-18H2,1H3,(H,45,54)(H,46,53)/t19-,26+,27+,28+,36+,40?/m1/s1. The Labute approximate surface area is 342 Å². The Kier molecular flexibility index (Phi) is 11.3. The van der Waals surface area contributed by atoms with Crippen molar-refractivity contribution in [1.29, 1.82) is 0 Å². The third-order valence-electron chi connectivity index (χ3n) is 10.5. The van der Waals surface area contributed by atoms with E-state index in [2.05, 4.69) is 5.32 Å². The third kappa shape index (κ3) is 8.45. The molecule has 1 aliphatic heterocycles. The number of benzene rings is 4. The zero-order valence-corrected chi connectivity index (χ0v) is 31.6. The summed E-state index contributed by atoms with van der Waals surface area (Å²) in [5.74, 6) is -6.82. The molecule has 20 heteroatoms. The Balaban J connectivity index is 1.22. The number of hydrogen-bond acceptors (Lipinski definition) is 14.